The number of rotatable bonds is 4. The van der Waals surface area contributed by atoms with Crippen LogP contribution in [0.5, 0.6) is 0 Å². The van der Waals surface area contributed by atoms with Gasteiger partial charge in [0.05, 0.1) is 6.10 Å². The molecule has 0 aromatic heterocycles. The van der Waals surface area contributed by atoms with Crippen molar-refractivity contribution < 1.29 is 9.90 Å². The fraction of sp³-hybridized carbons (Fsp3) is 0.875. The molecule has 1 heterocycles. The first-order chi connectivity index (χ1) is 9.86. The van der Waals surface area contributed by atoms with Gasteiger partial charge in [-0.2, -0.15) is 4.99 Å². The third kappa shape index (κ3) is 2.52. The van der Waals surface area contributed by atoms with Crippen molar-refractivity contribution in [3.8, 4) is 0 Å². The number of nitrogens with zero attached hydrogens (tertiary/aromatic N) is 1. The van der Waals surface area contributed by atoms with Gasteiger partial charge in [0.15, 0.2) is 5.17 Å². The zero-order chi connectivity index (χ0) is 15.4. The molecule has 2 fully saturated rings. The first-order valence-electron chi connectivity index (χ1n) is 8.13. The van der Waals surface area contributed by atoms with Crippen LogP contribution < -0.4 is 5.32 Å². The van der Waals surface area contributed by atoms with Crippen molar-refractivity contribution in [2.24, 2.45) is 28.7 Å². The Labute approximate surface area is 131 Å². The molecule has 0 saturated heterocycles. The van der Waals surface area contributed by atoms with E-state index in [1.54, 1.807) is 11.8 Å². The van der Waals surface area contributed by atoms with Crippen molar-refractivity contribution in [1.29, 1.82) is 0 Å². The number of nitrogens with one attached hydrogen (secondary N) is 1. The van der Waals surface area contributed by atoms with Gasteiger partial charge in [-0.3, -0.25) is 4.79 Å². The van der Waals surface area contributed by atoms with Crippen molar-refractivity contribution >= 4 is 22.8 Å². The Balaban J connectivity index is 1.62. The Kier molecular flexibility index (Phi) is 3.85. The zero-order valence-corrected chi connectivity index (χ0v) is 14.1. The first kappa shape index (κ1) is 15.3. The number of carbonyl (C=O) groups excluding carboxylic acids is 1. The number of aliphatic hydroxyl groups is 1. The quantitative estimate of drug-likeness (QED) is 0.837. The van der Waals surface area contributed by atoms with Crippen LogP contribution in [0.15, 0.2) is 4.99 Å². The molecule has 0 radical (unpaired) electrons. The molecule has 3 aliphatic rings. The molecule has 1 aliphatic heterocycles. The molecule has 0 spiro atoms. The molecule has 0 aromatic carbocycles. The molecule has 21 heavy (non-hydrogen) atoms. The van der Waals surface area contributed by atoms with E-state index in [1.807, 2.05) is 13.8 Å². The summed E-state index contributed by atoms with van der Waals surface area (Å²) in [5, 5.41) is 14.4. The second-order valence-electron chi connectivity index (χ2n) is 7.28. The van der Waals surface area contributed by atoms with Crippen LogP contribution in [0.4, 0.5) is 0 Å². The zero-order valence-electron chi connectivity index (χ0n) is 13.3. The topological polar surface area (TPSA) is 61.7 Å². The standard InChI is InChI=1S/C16H26N2O2S/c1-5-13(19)11-7-12(10-6-9(10)11)17-15-18-14(20)16(4,21-15)8(2)3/h8-13,19H,5-7H2,1-4H3,(H,17,18,20)/t9?,10-,11+,12+,13+,16?/m1/s1. The Morgan fingerprint density at radius 1 is 1.43 bits per heavy atom. The number of thioether (sulfide) groups is 1. The predicted octanol–water partition coefficient (Wildman–Crippen LogP) is 2.42. The Bertz CT molecular complexity index is 479. The average Bonchev–Trinajstić information content (AvgIpc) is 3.07. The summed E-state index contributed by atoms with van der Waals surface area (Å²) in [6.45, 7) is 8.18. The molecule has 3 rings (SSSR count). The molecule has 2 N–H and O–H groups in total. The summed E-state index contributed by atoms with van der Waals surface area (Å²) >= 11 is 1.58. The van der Waals surface area contributed by atoms with Crippen LogP contribution in [0.3, 0.4) is 0 Å². The van der Waals surface area contributed by atoms with E-state index in [4.69, 9.17) is 0 Å². The molecule has 6 atom stereocenters. The minimum atomic E-state index is -0.424. The number of aliphatic hydroxyl groups excluding tert-OH is 1. The average molecular weight is 310 g/mol. The van der Waals surface area contributed by atoms with Gasteiger partial charge >= 0.3 is 0 Å². The van der Waals surface area contributed by atoms with Crippen LogP contribution in [-0.4, -0.2) is 33.1 Å². The van der Waals surface area contributed by atoms with E-state index < -0.39 is 4.75 Å². The minimum absolute atomic E-state index is 0.0134. The molecule has 2 aliphatic carbocycles. The fourth-order valence-corrected chi connectivity index (χ4v) is 4.91. The molecular weight excluding hydrogens is 284 g/mol. The van der Waals surface area contributed by atoms with Crippen LogP contribution in [0.25, 0.3) is 0 Å². The van der Waals surface area contributed by atoms with Crippen molar-refractivity contribution in [2.45, 2.75) is 63.9 Å². The summed E-state index contributed by atoms with van der Waals surface area (Å²) in [7, 11) is 0. The summed E-state index contributed by atoms with van der Waals surface area (Å²) in [5.41, 5.74) is 0. The van der Waals surface area contributed by atoms with Crippen molar-refractivity contribution in [3.63, 3.8) is 0 Å². The van der Waals surface area contributed by atoms with Crippen molar-refractivity contribution in [1.82, 2.24) is 5.32 Å². The van der Waals surface area contributed by atoms with Crippen LogP contribution in [0, 0.1) is 23.7 Å². The van der Waals surface area contributed by atoms with E-state index >= 15 is 0 Å². The third-order valence-corrected chi connectivity index (χ3v) is 7.22. The van der Waals surface area contributed by atoms with E-state index in [0.29, 0.717) is 23.8 Å². The summed E-state index contributed by atoms with van der Waals surface area (Å²) in [6.07, 6.45) is 2.89. The fourth-order valence-electron chi connectivity index (χ4n) is 3.80. The number of amidine groups is 1. The summed E-state index contributed by atoms with van der Waals surface area (Å²) in [4.78, 5) is 16.4. The van der Waals surface area contributed by atoms with E-state index in [0.717, 1.165) is 18.0 Å². The van der Waals surface area contributed by atoms with E-state index in [2.05, 4.69) is 24.2 Å². The molecule has 5 heteroatoms. The number of hydrogen-bond acceptors (Lipinski definition) is 4. The molecule has 1 amide bonds. The second-order valence-corrected chi connectivity index (χ2v) is 8.71. The Hall–Kier alpha value is -0.550. The maximum absolute atomic E-state index is 12.1. The normalized spacial score (nSPS) is 43.0. The lowest BCUT2D eigenvalue weighted by Crippen LogP contribution is -2.36. The molecule has 4 nitrogen and oxygen atoms in total. The second kappa shape index (κ2) is 5.27. The first-order valence-corrected chi connectivity index (χ1v) is 8.95. The number of hydrogen-bond donors (Lipinski definition) is 2. The highest BCUT2D eigenvalue weighted by atomic mass is 32.2. The number of aliphatic imine (C=N–C) groups is 1. The highest BCUT2D eigenvalue weighted by Gasteiger charge is 2.56. The Morgan fingerprint density at radius 2 is 2.14 bits per heavy atom. The lowest BCUT2D eigenvalue weighted by atomic mass is 9.94. The lowest BCUT2D eigenvalue weighted by molar-refractivity contribution is -0.120. The van der Waals surface area contributed by atoms with Gasteiger partial charge in [-0.25, -0.2) is 0 Å². The van der Waals surface area contributed by atoms with Gasteiger partial charge in [0, 0.05) is 6.04 Å². The van der Waals surface area contributed by atoms with Crippen LogP contribution >= 0.6 is 11.8 Å². The molecule has 0 bridgehead atoms. The highest BCUT2D eigenvalue weighted by molar-refractivity contribution is 8.16. The maximum Gasteiger partial charge on any atom is 0.264 e. The van der Waals surface area contributed by atoms with Crippen molar-refractivity contribution in [3.05, 3.63) is 0 Å². The molecular formula is C16H26N2O2S. The summed E-state index contributed by atoms with van der Waals surface area (Å²) in [5.74, 6) is 2.03. The van der Waals surface area contributed by atoms with E-state index in [1.165, 1.54) is 6.42 Å². The SMILES string of the molecule is CC[C@H](O)[C@H]1C[C@H](NC2=NC(=O)C(C)(C(C)C)S2)[C@@H]2CC21. The maximum atomic E-state index is 12.1. The van der Waals surface area contributed by atoms with Gasteiger partial charge in [-0.15, -0.1) is 0 Å². The van der Waals surface area contributed by atoms with Gasteiger partial charge < -0.3 is 10.4 Å². The number of carbonyl (C=O) groups is 1. The molecule has 118 valence electrons. The molecule has 2 unspecified atom stereocenters. The van der Waals surface area contributed by atoms with Crippen LogP contribution in [0.1, 0.15) is 47.0 Å². The molecule has 0 aromatic rings. The van der Waals surface area contributed by atoms with Crippen LogP contribution in [0.2, 0.25) is 0 Å². The summed E-state index contributed by atoms with van der Waals surface area (Å²) in [6, 6.07) is 0.384. The Morgan fingerprint density at radius 3 is 2.71 bits per heavy atom. The minimum Gasteiger partial charge on any atom is -0.393 e. The van der Waals surface area contributed by atoms with E-state index in [-0.39, 0.29) is 17.9 Å². The van der Waals surface area contributed by atoms with Gasteiger partial charge in [0.1, 0.15) is 4.75 Å². The van der Waals surface area contributed by atoms with E-state index in [9.17, 15) is 9.90 Å². The number of amides is 1. The van der Waals surface area contributed by atoms with Gasteiger partial charge in [-0.05, 0) is 49.9 Å². The van der Waals surface area contributed by atoms with Gasteiger partial charge in [0.25, 0.3) is 5.91 Å². The largest absolute Gasteiger partial charge is 0.393 e. The number of fused-ring (bicyclic) bond motifs is 1. The predicted molar refractivity (Wildman–Crippen MR) is 86.2 cm³/mol. The molecule has 2 saturated carbocycles. The third-order valence-electron chi connectivity index (χ3n) is 5.74. The smallest absolute Gasteiger partial charge is 0.264 e. The van der Waals surface area contributed by atoms with Gasteiger partial charge in [-0.1, -0.05) is 32.5 Å². The van der Waals surface area contributed by atoms with Gasteiger partial charge in [0.2, 0.25) is 0 Å². The summed E-state index contributed by atoms with van der Waals surface area (Å²) < 4.78 is -0.424. The monoisotopic (exact) mass is 310 g/mol. The van der Waals surface area contributed by atoms with Crippen LogP contribution in [-0.2, 0) is 4.79 Å². The highest BCUT2D eigenvalue weighted by Crippen LogP contribution is 2.57. The lowest BCUT2D eigenvalue weighted by Gasteiger charge is -2.25. The van der Waals surface area contributed by atoms with Crippen molar-refractivity contribution in [2.75, 3.05) is 0 Å².